The molecule has 0 radical (unpaired) electrons. The van der Waals surface area contributed by atoms with E-state index in [4.69, 9.17) is 4.74 Å². The minimum Gasteiger partial charge on any atom is -0.497 e. The van der Waals surface area contributed by atoms with Crippen LogP contribution in [0.15, 0.2) is 76.5 Å². The number of hydrogen-bond acceptors (Lipinski definition) is 6. The first kappa shape index (κ1) is 23.3. The molecule has 0 atom stereocenters. The molecule has 0 amide bonds. The van der Waals surface area contributed by atoms with E-state index >= 15 is 0 Å². The van der Waals surface area contributed by atoms with Crippen LogP contribution < -0.4 is 14.2 Å². The predicted octanol–water partition coefficient (Wildman–Crippen LogP) is 3.81. The summed E-state index contributed by atoms with van der Waals surface area (Å²) in [6.45, 7) is 2.99. The van der Waals surface area contributed by atoms with Crippen molar-refractivity contribution >= 4 is 37.2 Å². The fourth-order valence-electron chi connectivity index (χ4n) is 2.84. The number of methoxy groups -OCH3 is 1. The molecule has 0 fully saturated rings. The van der Waals surface area contributed by atoms with E-state index in [2.05, 4.69) is 9.44 Å². The first-order valence-electron chi connectivity index (χ1n) is 9.43. The lowest BCUT2D eigenvalue weighted by Gasteiger charge is -2.14. The fraction of sp³-hybridized carbons (Fsp3) is 0.136. The summed E-state index contributed by atoms with van der Waals surface area (Å²) in [7, 11) is -6.53. The number of benzene rings is 3. The Hall–Kier alpha value is -3.37. The summed E-state index contributed by atoms with van der Waals surface area (Å²) >= 11 is 0. The first-order valence-corrected chi connectivity index (χ1v) is 12.4. The SMILES string of the molecule is COc1ccc(NS(=O)(=O)c2ccc(C)c(NS(=O)(=O)c3cccc(C(C)=O)c3)c2)cc1. The highest BCUT2D eigenvalue weighted by molar-refractivity contribution is 7.93. The fourth-order valence-corrected chi connectivity index (χ4v) is 5.09. The summed E-state index contributed by atoms with van der Waals surface area (Å²) in [6.07, 6.45) is 0. The molecule has 0 aliphatic rings. The van der Waals surface area contributed by atoms with Crippen molar-refractivity contribution in [3.05, 3.63) is 77.9 Å². The van der Waals surface area contributed by atoms with Gasteiger partial charge in [-0.25, -0.2) is 16.8 Å². The molecule has 0 aromatic heterocycles. The maximum atomic E-state index is 12.8. The van der Waals surface area contributed by atoms with Crippen LogP contribution in [0, 0.1) is 6.92 Å². The van der Waals surface area contributed by atoms with Crippen molar-refractivity contribution in [1.82, 2.24) is 0 Å². The molecule has 0 aliphatic heterocycles. The van der Waals surface area contributed by atoms with Gasteiger partial charge >= 0.3 is 0 Å². The van der Waals surface area contributed by atoms with Gasteiger partial charge in [0, 0.05) is 11.3 Å². The van der Waals surface area contributed by atoms with Crippen LogP contribution in [-0.2, 0) is 20.0 Å². The molecule has 0 aliphatic carbocycles. The van der Waals surface area contributed by atoms with E-state index < -0.39 is 20.0 Å². The summed E-state index contributed by atoms with van der Waals surface area (Å²) < 4.78 is 61.2. The number of carbonyl (C=O) groups is 1. The number of sulfonamides is 2. The standard InChI is InChI=1S/C22H22N2O6S2/c1-15-7-12-21(31(26,27)23-18-8-10-19(30-3)11-9-18)14-22(15)24-32(28,29)20-6-4-5-17(13-20)16(2)25/h4-14,23-24H,1-3H3. The third kappa shape index (κ3) is 5.27. The second kappa shape index (κ2) is 9.01. The topological polar surface area (TPSA) is 119 Å². The summed E-state index contributed by atoms with van der Waals surface area (Å²) in [6, 6.07) is 16.1. The van der Waals surface area contributed by atoms with Crippen molar-refractivity contribution < 1.29 is 26.4 Å². The molecule has 168 valence electrons. The maximum Gasteiger partial charge on any atom is 0.261 e. The zero-order chi connectivity index (χ0) is 23.5. The minimum absolute atomic E-state index is 0.103. The normalized spacial score (nSPS) is 11.6. The van der Waals surface area contributed by atoms with Crippen molar-refractivity contribution in [3.63, 3.8) is 0 Å². The molecule has 3 rings (SSSR count). The molecular formula is C22H22N2O6S2. The highest BCUT2D eigenvalue weighted by atomic mass is 32.2. The van der Waals surface area contributed by atoms with Gasteiger partial charge in [-0.1, -0.05) is 18.2 Å². The molecular weight excluding hydrogens is 452 g/mol. The molecule has 0 saturated heterocycles. The minimum atomic E-state index is -4.05. The van der Waals surface area contributed by atoms with Gasteiger partial charge in [-0.3, -0.25) is 14.2 Å². The monoisotopic (exact) mass is 474 g/mol. The van der Waals surface area contributed by atoms with E-state index in [-0.39, 0.29) is 26.8 Å². The van der Waals surface area contributed by atoms with Crippen LogP contribution in [0.4, 0.5) is 11.4 Å². The number of nitrogens with one attached hydrogen (secondary N) is 2. The van der Waals surface area contributed by atoms with Gasteiger partial charge in [-0.15, -0.1) is 0 Å². The Morgan fingerprint density at radius 2 is 1.44 bits per heavy atom. The number of ether oxygens (including phenoxy) is 1. The van der Waals surface area contributed by atoms with Crippen LogP contribution in [0.25, 0.3) is 0 Å². The Morgan fingerprint density at radius 3 is 2.06 bits per heavy atom. The third-order valence-electron chi connectivity index (χ3n) is 4.66. The Morgan fingerprint density at radius 1 is 0.812 bits per heavy atom. The van der Waals surface area contributed by atoms with E-state index in [1.807, 2.05) is 0 Å². The van der Waals surface area contributed by atoms with Crippen LogP contribution in [0.3, 0.4) is 0 Å². The van der Waals surface area contributed by atoms with Gasteiger partial charge in [0.15, 0.2) is 5.78 Å². The van der Waals surface area contributed by atoms with Gasteiger partial charge in [0.05, 0.1) is 22.6 Å². The largest absolute Gasteiger partial charge is 0.497 e. The number of rotatable bonds is 8. The summed E-state index contributed by atoms with van der Waals surface area (Å²) in [4.78, 5) is 11.4. The van der Waals surface area contributed by atoms with Gasteiger partial charge in [0.1, 0.15) is 5.75 Å². The van der Waals surface area contributed by atoms with Gasteiger partial charge in [0.2, 0.25) is 0 Å². The Balaban J connectivity index is 1.91. The lowest BCUT2D eigenvalue weighted by atomic mass is 10.2. The summed E-state index contributed by atoms with van der Waals surface area (Å²) in [5, 5.41) is 0. The number of Topliss-reactive ketones (excluding diaryl/α,β-unsaturated/α-hetero) is 1. The molecule has 3 aromatic rings. The van der Waals surface area contributed by atoms with E-state index in [1.54, 1.807) is 31.2 Å². The number of hydrogen-bond donors (Lipinski definition) is 2. The van der Waals surface area contributed by atoms with Crippen molar-refractivity contribution in [2.45, 2.75) is 23.6 Å². The van der Waals surface area contributed by atoms with Crippen molar-refractivity contribution in [3.8, 4) is 5.75 Å². The second-order valence-electron chi connectivity index (χ2n) is 7.00. The molecule has 10 heteroatoms. The Bertz CT molecular complexity index is 1370. The Labute approximate surface area is 187 Å². The number of aryl methyl sites for hydroxylation is 1. The highest BCUT2D eigenvalue weighted by Gasteiger charge is 2.20. The zero-order valence-corrected chi connectivity index (χ0v) is 19.2. The van der Waals surface area contributed by atoms with E-state index in [9.17, 15) is 21.6 Å². The molecule has 3 aromatic carbocycles. The molecule has 2 N–H and O–H groups in total. The predicted molar refractivity (Wildman–Crippen MR) is 122 cm³/mol. The van der Waals surface area contributed by atoms with Crippen molar-refractivity contribution in [1.29, 1.82) is 0 Å². The lowest BCUT2D eigenvalue weighted by molar-refractivity contribution is 0.101. The number of carbonyl (C=O) groups excluding carboxylic acids is 1. The van der Waals surface area contributed by atoms with Crippen LogP contribution in [0.1, 0.15) is 22.8 Å². The number of ketones is 1. The van der Waals surface area contributed by atoms with Crippen LogP contribution >= 0.6 is 0 Å². The number of anilines is 2. The summed E-state index contributed by atoms with van der Waals surface area (Å²) in [5.41, 5.74) is 1.22. The van der Waals surface area contributed by atoms with E-state index in [1.165, 1.54) is 56.5 Å². The van der Waals surface area contributed by atoms with Crippen LogP contribution in [0.5, 0.6) is 5.75 Å². The average molecular weight is 475 g/mol. The molecule has 0 bridgehead atoms. The maximum absolute atomic E-state index is 12.8. The zero-order valence-electron chi connectivity index (χ0n) is 17.6. The van der Waals surface area contributed by atoms with Crippen LogP contribution in [0.2, 0.25) is 0 Å². The molecule has 0 heterocycles. The van der Waals surface area contributed by atoms with Gasteiger partial charge in [0.25, 0.3) is 20.0 Å². The third-order valence-corrected chi connectivity index (χ3v) is 7.40. The molecule has 0 unspecified atom stereocenters. The quantitative estimate of drug-likeness (QED) is 0.479. The molecule has 0 saturated carbocycles. The van der Waals surface area contributed by atoms with Gasteiger partial charge in [-0.2, -0.15) is 0 Å². The van der Waals surface area contributed by atoms with E-state index in [0.717, 1.165) is 0 Å². The lowest BCUT2D eigenvalue weighted by Crippen LogP contribution is -2.16. The smallest absolute Gasteiger partial charge is 0.261 e. The second-order valence-corrected chi connectivity index (χ2v) is 10.4. The average Bonchev–Trinajstić information content (AvgIpc) is 2.75. The molecule has 8 nitrogen and oxygen atoms in total. The van der Waals surface area contributed by atoms with Crippen molar-refractivity contribution in [2.24, 2.45) is 0 Å². The Kier molecular flexibility index (Phi) is 6.56. The van der Waals surface area contributed by atoms with E-state index in [0.29, 0.717) is 17.0 Å². The molecule has 0 spiro atoms. The highest BCUT2D eigenvalue weighted by Crippen LogP contribution is 2.26. The summed E-state index contributed by atoms with van der Waals surface area (Å²) in [5.74, 6) is 0.310. The molecule has 32 heavy (non-hydrogen) atoms. The first-order chi connectivity index (χ1) is 15.0. The van der Waals surface area contributed by atoms with Crippen LogP contribution in [-0.4, -0.2) is 29.7 Å². The van der Waals surface area contributed by atoms with Gasteiger partial charge in [-0.05, 0) is 67.9 Å². The van der Waals surface area contributed by atoms with Crippen molar-refractivity contribution in [2.75, 3.05) is 16.6 Å². The van der Waals surface area contributed by atoms with Gasteiger partial charge < -0.3 is 4.74 Å².